The van der Waals surface area contributed by atoms with Crippen LogP contribution < -0.4 is 5.32 Å². The SMILES string of the molecule is CCCCn1c(O)c(N=NC(=O)CNc2ccc(C)cc2)c2cc(Br)ccc21. The van der Waals surface area contributed by atoms with Gasteiger partial charge in [-0.1, -0.05) is 47.0 Å². The highest BCUT2D eigenvalue weighted by Crippen LogP contribution is 2.40. The number of amides is 1. The molecule has 6 nitrogen and oxygen atoms in total. The van der Waals surface area contributed by atoms with Crippen molar-refractivity contribution in [2.45, 2.75) is 33.2 Å². The van der Waals surface area contributed by atoms with E-state index in [2.05, 4.69) is 38.4 Å². The van der Waals surface area contributed by atoms with Gasteiger partial charge in [-0.05, 0) is 43.7 Å². The number of fused-ring (bicyclic) bond motifs is 1. The lowest BCUT2D eigenvalue weighted by atomic mass is 10.2. The van der Waals surface area contributed by atoms with Crippen molar-refractivity contribution in [1.82, 2.24) is 4.57 Å². The van der Waals surface area contributed by atoms with Crippen molar-refractivity contribution in [3.63, 3.8) is 0 Å². The Morgan fingerprint density at radius 2 is 1.96 bits per heavy atom. The molecular weight excluding hydrogens is 420 g/mol. The Morgan fingerprint density at radius 3 is 2.68 bits per heavy atom. The summed E-state index contributed by atoms with van der Waals surface area (Å²) >= 11 is 3.45. The summed E-state index contributed by atoms with van der Waals surface area (Å²) in [5.41, 5.74) is 3.18. The van der Waals surface area contributed by atoms with Gasteiger partial charge in [0.1, 0.15) is 0 Å². The van der Waals surface area contributed by atoms with E-state index in [0.29, 0.717) is 12.2 Å². The zero-order valence-corrected chi connectivity index (χ0v) is 17.5. The topological polar surface area (TPSA) is 79.0 Å². The number of nitrogens with one attached hydrogen (secondary N) is 1. The van der Waals surface area contributed by atoms with Crippen molar-refractivity contribution in [3.8, 4) is 5.88 Å². The van der Waals surface area contributed by atoms with Crippen LogP contribution in [0, 0.1) is 6.92 Å². The summed E-state index contributed by atoms with van der Waals surface area (Å²) in [6.07, 6.45) is 1.94. The number of halogens is 1. The third kappa shape index (κ3) is 4.59. The molecule has 0 aliphatic carbocycles. The summed E-state index contributed by atoms with van der Waals surface area (Å²) < 4.78 is 2.69. The molecule has 3 rings (SSSR count). The van der Waals surface area contributed by atoms with E-state index in [1.165, 1.54) is 0 Å². The van der Waals surface area contributed by atoms with Gasteiger partial charge in [0.15, 0.2) is 5.69 Å². The van der Waals surface area contributed by atoms with Crippen LogP contribution in [0.15, 0.2) is 57.2 Å². The van der Waals surface area contributed by atoms with Crippen molar-refractivity contribution in [1.29, 1.82) is 0 Å². The molecule has 1 aromatic heterocycles. The predicted octanol–water partition coefficient (Wildman–Crippen LogP) is 5.94. The number of rotatable bonds is 7. The van der Waals surface area contributed by atoms with Crippen LogP contribution in [0.1, 0.15) is 25.3 Å². The lowest BCUT2D eigenvalue weighted by Crippen LogP contribution is -2.10. The van der Waals surface area contributed by atoms with E-state index in [1.807, 2.05) is 54.0 Å². The highest BCUT2D eigenvalue weighted by atomic mass is 79.9. The first kappa shape index (κ1) is 20.1. The highest BCUT2D eigenvalue weighted by Gasteiger charge is 2.17. The summed E-state index contributed by atoms with van der Waals surface area (Å²) in [4.78, 5) is 12.1. The zero-order chi connectivity index (χ0) is 20.1. The van der Waals surface area contributed by atoms with Crippen LogP contribution in [-0.2, 0) is 11.3 Å². The summed E-state index contributed by atoms with van der Waals surface area (Å²) in [6.45, 7) is 4.81. The number of aromatic hydroxyl groups is 1. The van der Waals surface area contributed by atoms with Gasteiger partial charge in [-0.3, -0.25) is 4.79 Å². The van der Waals surface area contributed by atoms with Gasteiger partial charge in [0.25, 0.3) is 5.91 Å². The van der Waals surface area contributed by atoms with E-state index in [-0.39, 0.29) is 12.4 Å². The molecule has 1 heterocycles. The molecule has 0 saturated carbocycles. The minimum atomic E-state index is -0.413. The maximum atomic E-state index is 12.1. The third-order valence-electron chi connectivity index (χ3n) is 4.46. The second-order valence-electron chi connectivity index (χ2n) is 6.65. The number of anilines is 1. The normalized spacial score (nSPS) is 11.4. The molecule has 0 unspecified atom stereocenters. The molecule has 1 amide bonds. The molecule has 0 aliphatic rings. The van der Waals surface area contributed by atoms with Crippen LogP contribution in [0.25, 0.3) is 10.9 Å². The van der Waals surface area contributed by atoms with Crippen LogP contribution in [0.5, 0.6) is 5.88 Å². The number of carbonyl (C=O) groups is 1. The lowest BCUT2D eigenvalue weighted by Gasteiger charge is -2.05. The van der Waals surface area contributed by atoms with E-state index in [4.69, 9.17) is 0 Å². The van der Waals surface area contributed by atoms with Gasteiger partial charge >= 0.3 is 0 Å². The van der Waals surface area contributed by atoms with Crippen LogP contribution in [0.3, 0.4) is 0 Å². The summed E-state index contributed by atoms with van der Waals surface area (Å²) in [5, 5.41) is 22.3. The number of aromatic nitrogens is 1. The molecular formula is C21H23BrN4O2. The maximum Gasteiger partial charge on any atom is 0.283 e. The Bertz CT molecular complexity index is 1010. The number of unbranched alkanes of at least 4 members (excludes halogenated alkanes) is 1. The molecule has 0 atom stereocenters. The average molecular weight is 443 g/mol. The predicted molar refractivity (Wildman–Crippen MR) is 115 cm³/mol. The fourth-order valence-corrected chi connectivity index (χ4v) is 3.29. The minimum Gasteiger partial charge on any atom is -0.493 e. The van der Waals surface area contributed by atoms with Crippen LogP contribution in [0.4, 0.5) is 11.4 Å². The number of nitrogens with zero attached hydrogens (tertiary/aromatic N) is 3. The first-order chi connectivity index (χ1) is 13.5. The molecule has 2 aromatic carbocycles. The second-order valence-corrected chi connectivity index (χ2v) is 7.57. The van der Waals surface area contributed by atoms with Crippen LogP contribution in [0.2, 0.25) is 0 Å². The highest BCUT2D eigenvalue weighted by molar-refractivity contribution is 9.10. The number of aryl methyl sites for hydroxylation is 2. The van der Waals surface area contributed by atoms with Gasteiger partial charge < -0.3 is 15.0 Å². The molecule has 0 aliphatic heterocycles. The molecule has 7 heteroatoms. The Balaban J connectivity index is 1.80. The molecule has 0 fully saturated rings. The Hall–Kier alpha value is -2.67. The van der Waals surface area contributed by atoms with Gasteiger partial charge in [0, 0.05) is 22.1 Å². The quantitative estimate of drug-likeness (QED) is 0.444. The molecule has 3 aromatic rings. The fourth-order valence-electron chi connectivity index (χ4n) is 2.93. The largest absolute Gasteiger partial charge is 0.493 e. The van der Waals surface area contributed by atoms with Crippen molar-refractivity contribution in [3.05, 3.63) is 52.5 Å². The summed E-state index contributed by atoms with van der Waals surface area (Å²) in [7, 11) is 0. The van der Waals surface area contributed by atoms with Gasteiger partial charge in [0.05, 0.1) is 12.1 Å². The molecule has 2 N–H and O–H groups in total. The van der Waals surface area contributed by atoms with Crippen molar-refractivity contribution in [2.24, 2.45) is 10.2 Å². The lowest BCUT2D eigenvalue weighted by molar-refractivity contribution is -0.116. The average Bonchev–Trinajstić information content (AvgIpc) is 2.94. The van der Waals surface area contributed by atoms with Crippen molar-refractivity contribution in [2.75, 3.05) is 11.9 Å². The van der Waals surface area contributed by atoms with E-state index in [9.17, 15) is 9.90 Å². The minimum absolute atomic E-state index is 0.0320. The Labute approximate surface area is 172 Å². The molecule has 146 valence electrons. The van der Waals surface area contributed by atoms with Gasteiger partial charge in [-0.2, -0.15) is 0 Å². The number of hydrogen-bond donors (Lipinski definition) is 2. The second kappa shape index (κ2) is 9.01. The van der Waals surface area contributed by atoms with E-state index >= 15 is 0 Å². The fraction of sp³-hybridized carbons (Fsp3) is 0.286. The van der Waals surface area contributed by atoms with Crippen molar-refractivity contribution >= 4 is 44.1 Å². The third-order valence-corrected chi connectivity index (χ3v) is 4.96. The van der Waals surface area contributed by atoms with Crippen LogP contribution >= 0.6 is 15.9 Å². The van der Waals surface area contributed by atoms with Crippen LogP contribution in [-0.4, -0.2) is 22.1 Å². The van der Waals surface area contributed by atoms with Gasteiger partial charge in [0.2, 0.25) is 5.88 Å². The number of azo groups is 1. The standard InChI is InChI=1S/C21H23BrN4O2/c1-3-4-11-26-18-10-7-15(22)12-17(18)20(21(26)28)25-24-19(27)13-23-16-8-5-14(2)6-9-16/h5-10,12,23,28H,3-4,11,13H2,1-2H3. The maximum absolute atomic E-state index is 12.1. The summed E-state index contributed by atoms with van der Waals surface area (Å²) in [6, 6.07) is 13.5. The molecule has 0 saturated heterocycles. The molecule has 0 spiro atoms. The molecule has 28 heavy (non-hydrogen) atoms. The Kier molecular flexibility index (Phi) is 6.46. The smallest absolute Gasteiger partial charge is 0.283 e. The van der Waals surface area contributed by atoms with Crippen molar-refractivity contribution < 1.29 is 9.90 Å². The summed E-state index contributed by atoms with van der Waals surface area (Å²) in [5.74, 6) is -0.381. The monoisotopic (exact) mass is 442 g/mol. The number of hydrogen-bond acceptors (Lipinski definition) is 4. The first-order valence-corrected chi connectivity index (χ1v) is 10.0. The van der Waals surface area contributed by atoms with Gasteiger partial charge in [-0.25, -0.2) is 0 Å². The van der Waals surface area contributed by atoms with E-state index in [0.717, 1.165) is 39.5 Å². The van der Waals surface area contributed by atoms with Gasteiger partial charge in [-0.15, -0.1) is 10.2 Å². The number of carbonyl (C=O) groups excluding carboxylic acids is 1. The molecule has 0 bridgehead atoms. The Morgan fingerprint density at radius 1 is 1.21 bits per heavy atom. The van der Waals surface area contributed by atoms with E-state index < -0.39 is 5.91 Å². The zero-order valence-electron chi connectivity index (χ0n) is 15.9. The number of benzene rings is 2. The first-order valence-electron chi connectivity index (χ1n) is 9.25. The van der Waals surface area contributed by atoms with E-state index in [1.54, 1.807) is 0 Å². The molecule has 0 radical (unpaired) electrons.